The molecule has 0 radical (unpaired) electrons. The van der Waals surface area contributed by atoms with E-state index in [4.69, 9.17) is 0 Å². The monoisotopic (exact) mass is 442 g/mol. The molecule has 164 valence electrons. The molecule has 0 aliphatic heterocycles. The second-order valence-electron chi connectivity index (χ2n) is 6.93. The van der Waals surface area contributed by atoms with Gasteiger partial charge in [-0.25, -0.2) is 8.42 Å². The summed E-state index contributed by atoms with van der Waals surface area (Å²) < 4.78 is 64.8. The van der Waals surface area contributed by atoms with Crippen LogP contribution in [0.1, 0.15) is 37.5 Å². The highest BCUT2D eigenvalue weighted by atomic mass is 32.2. The molecule has 9 heteroatoms. The summed E-state index contributed by atoms with van der Waals surface area (Å²) in [5.74, 6) is -0.631. The SMILES string of the molecule is CCc1cccc(CC)c1NC(=O)[C@H](C)N(c1cccc(C(F)(F)F)c1)S(C)(=O)=O. The number of hydrogen-bond acceptors (Lipinski definition) is 3. The van der Waals surface area contributed by atoms with Gasteiger partial charge in [-0.3, -0.25) is 9.10 Å². The molecule has 0 aliphatic rings. The Bertz CT molecular complexity index is 998. The Labute approximate surface area is 175 Å². The molecule has 2 aromatic carbocycles. The Kier molecular flexibility index (Phi) is 7.18. The van der Waals surface area contributed by atoms with Gasteiger partial charge < -0.3 is 5.32 Å². The van der Waals surface area contributed by atoms with Gasteiger partial charge in [0.05, 0.1) is 17.5 Å². The fraction of sp³-hybridized carbons (Fsp3) is 0.381. The molecule has 0 unspecified atom stereocenters. The Morgan fingerprint density at radius 2 is 1.60 bits per heavy atom. The third-order valence-corrected chi connectivity index (χ3v) is 6.01. The Balaban J connectivity index is 2.45. The molecule has 1 atom stereocenters. The first kappa shape index (κ1) is 23.7. The van der Waals surface area contributed by atoms with E-state index >= 15 is 0 Å². The third-order valence-electron chi connectivity index (χ3n) is 4.76. The lowest BCUT2D eigenvalue weighted by Gasteiger charge is -2.29. The Morgan fingerprint density at radius 1 is 1.07 bits per heavy atom. The lowest BCUT2D eigenvalue weighted by atomic mass is 10.0. The van der Waals surface area contributed by atoms with Gasteiger partial charge in [0.15, 0.2) is 0 Å². The molecule has 0 saturated heterocycles. The van der Waals surface area contributed by atoms with E-state index in [0.29, 0.717) is 22.8 Å². The zero-order valence-electron chi connectivity index (χ0n) is 17.2. The number of hydrogen-bond donors (Lipinski definition) is 1. The van der Waals surface area contributed by atoms with Crippen molar-refractivity contribution in [1.29, 1.82) is 0 Å². The van der Waals surface area contributed by atoms with Crippen LogP contribution >= 0.6 is 0 Å². The first-order chi connectivity index (χ1) is 13.9. The predicted molar refractivity (Wildman–Crippen MR) is 112 cm³/mol. The van der Waals surface area contributed by atoms with E-state index in [0.717, 1.165) is 35.6 Å². The molecule has 5 nitrogen and oxygen atoms in total. The number of anilines is 2. The van der Waals surface area contributed by atoms with Crippen LogP contribution in [0.2, 0.25) is 0 Å². The number of carbonyl (C=O) groups is 1. The maximum Gasteiger partial charge on any atom is 0.416 e. The minimum absolute atomic E-state index is 0.227. The topological polar surface area (TPSA) is 66.5 Å². The lowest BCUT2D eigenvalue weighted by molar-refractivity contribution is -0.137. The van der Waals surface area contributed by atoms with Crippen molar-refractivity contribution in [2.45, 2.75) is 45.8 Å². The smallest absolute Gasteiger partial charge is 0.324 e. The molecule has 1 N–H and O–H groups in total. The molecular weight excluding hydrogens is 417 g/mol. The zero-order valence-corrected chi connectivity index (χ0v) is 18.1. The van der Waals surface area contributed by atoms with Crippen molar-refractivity contribution >= 4 is 27.3 Å². The number of halogens is 3. The largest absolute Gasteiger partial charge is 0.416 e. The van der Waals surface area contributed by atoms with Gasteiger partial charge in [-0.15, -0.1) is 0 Å². The number of para-hydroxylation sites is 1. The van der Waals surface area contributed by atoms with Crippen LogP contribution in [0.3, 0.4) is 0 Å². The minimum atomic E-state index is -4.64. The number of carbonyl (C=O) groups excluding carboxylic acids is 1. The van der Waals surface area contributed by atoms with E-state index in [9.17, 15) is 26.4 Å². The van der Waals surface area contributed by atoms with E-state index in [1.54, 1.807) is 0 Å². The van der Waals surface area contributed by atoms with Gasteiger partial charge in [0.25, 0.3) is 0 Å². The summed E-state index contributed by atoms with van der Waals surface area (Å²) in [6.07, 6.45) is -2.47. The lowest BCUT2D eigenvalue weighted by Crippen LogP contribution is -2.45. The summed E-state index contributed by atoms with van der Waals surface area (Å²) in [4.78, 5) is 13.0. The van der Waals surface area contributed by atoms with Gasteiger partial charge in [0.1, 0.15) is 6.04 Å². The molecule has 2 aromatic rings. The van der Waals surface area contributed by atoms with E-state index in [2.05, 4.69) is 5.32 Å². The summed E-state index contributed by atoms with van der Waals surface area (Å²) in [6, 6.07) is 8.25. The number of rotatable bonds is 7. The van der Waals surface area contributed by atoms with Crippen molar-refractivity contribution in [2.75, 3.05) is 15.9 Å². The van der Waals surface area contributed by atoms with Crippen LogP contribution in [-0.4, -0.2) is 26.6 Å². The maximum absolute atomic E-state index is 13.1. The van der Waals surface area contributed by atoms with Gasteiger partial charge in [-0.05, 0) is 49.1 Å². The first-order valence-electron chi connectivity index (χ1n) is 9.48. The fourth-order valence-corrected chi connectivity index (χ4v) is 4.43. The molecular formula is C21H25F3N2O3S. The molecule has 0 fully saturated rings. The average molecular weight is 443 g/mol. The molecule has 0 heterocycles. The van der Waals surface area contributed by atoms with Gasteiger partial charge in [0.2, 0.25) is 15.9 Å². The zero-order chi connectivity index (χ0) is 22.7. The standard InChI is InChI=1S/C21H25F3N2O3S/c1-5-15-9-7-10-16(6-2)19(15)25-20(27)14(3)26(30(4,28)29)18-12-8-11-17(13-18)21(22,23)24/h7-14H,5-6H2,1-4H3,(H,25,27)/t14-/m0/s1. The quantitative estimate of drug-likeness (QED) is 0.680. The molecule has 1 amide bonds. The normalized spacial score (nSPS) is 13.0. The molecule has 0 aliphatic carbocycles. The number of nitrogens with zero attached hydrogens (tertiary/aromatic N) is 1. The highest BCUT2D eigenvalue weighted by Gasteiger charge is 2.34. The van der Waals surface area contributed by atoms with E-state index < -0.39 is 33.7 Å². The Morgan fingerprint density at radius 3 is 2.07 bits per heavy atom. The van der Waals surface area contributed by atoms with Crippen LogP contribution in [-0.2, 0) is 33.8 Å². The molecule has 0 saturated carbocycles. The molecule has 30 heavy (non-hydrogen) atoms. The maximum atomic E-state index is 13.1. The van der Waals surface area contributed by atoms with Crippen molar-refractivity contribution < 1.29 is 26.4 Å². The summed E-state index contributed by atoms with van der Waals surface area (Å²) >= 11 is 0. The van der Waals surface area contributed by atoms with E-state index in [1.807, 2.05) is 32.0 Å². The number of alkyl halides is 3. The van der Waals surface area contributed by atoms with Crippen molar-refractivity contribution in [2.24, 2.45) is 0 Å². The van der Waals surface area contributed by atoms with Crippen molar-refractivity contribution in [3.63, 3.8) is 0 Å². The first-order valence-corrected chi connectivity index (χ1v) is 11.3. The predicted octanol–water partition coefficient (Wildman–Crippen LogP) is 4.62. The number of sulfonamides is 1. The number of amides is 1. The van der Waals surface area contributed by atoms with Crippen molar-refractivity contribution in [3.8, 4) is 0 Å². The Hall–Kier alpha value is -2.55. The summed E-state index contributed by atoms with van der Waals surface area (Å²) in [6.45, 7) is 5.20. The van der Waals surface area contributed by atoms with Gasteiger partial charge in [-0.1, -0.05) is 38.1 Å². The van der Waals surface area contributed by atoms with Crippen LogP contribution in [0.5, 0.6) is 0 Å². The van der Waals surface area contributed by atoms with Crippen LogP contribution in [0.4, 0.5) is 24.5 Å². The minimum Gasteiger partial charge on any atom is -0.324 e. The van der Waals surface area contributed by atoms with Crippen molar-refractivity contribution in [3.05, 3.63) is 59.2 Å². The summed E-state index contributed by atoms with van der Waals surface area (Å²) in [5.41, 5.74) is 1.16. The van der Waals surface area contributed by atoms with Crippen LogP contribution in [0.15, 0.2) is 42.5 Å². The number of nitrogens with one attached hydrogen (secondary N) is 1. The van der Waals surface area contributed by atoms with Crippen LogP contribution in [0, 0.1) is 0 Å². The highest BCUT2D eigenvalue weighted by molar-refractivity contribution is 7.92. The average Bonchev–Trinajstić information content (AvgIpc) is 2.66. The molecule has 2 rings (SSSR count). The highest BCUT2D eigenvalue weighted by Crippen LogP contribution is 2.33. The van der Waals surface area contributed by atoms with Crippen LogP contribution in [0.25, 0.3) is 0 Å². The summed E-state index contributed by atoms with van der Waals surface area (Å²) in [7, 11) is -4.04. The number of benzene rings is 2. The number of aryl methyl sites for hydroxylation is 2. The molecule has 0 spiro atoms. The molecule has 0 bridgehead atoms. The van der Waals surface area contributed by atoms with Gasteiger partial charge in [0, 0.05) is 5.69 Å². The molecule has 0 aromatic heterocycles. The van der Waals surface area contributed by atoms with Crippen LogP contribution < -0.4 is 9.62 Å². The van der Waals surface area contributed by atoms with E-state index in [1.165, 1.54) is 13.0 Å². The second kappa shape index (κ2) is 9.07. The third kappa shape index (κ3) is 5.33. The second-order valence-corrected chi connectivity index (χ2v) is 8.79. The van der Waals surface area contributed by atoms with E-state index in [-0.39, 0.29) is 5.69 Å². The van der Waals surface area contributed by atoms with Gasteiger partial charge >= 0.3 is 6.18 Å². The van der Waals surface area contributed by atoms with Gasteiger partial charge in [-0.2, -0.15) is 13.2 Å². The fourth-order valence-electron chi connectivity index (χ4n) is 3.26. The van der Waals surface area contributed by atoms with Crippen molar-refractivity contribution in [1.82, 2.24) is 0 Å². The summed E-state index contributed by atoms with van der Waals surface area (Å²) in [5, 5.41) is 2.78.